The van der Waals surface area contributed by atoms with E-state index in [1.807, 2.05) is 41.3 Å². The molecule has 7 nitrogen and oxygen atoms in total. The zero-order valence-corrected chi connectivity index (χ0v) is 17.8. The van der Waals surface area contributed by atoms with Crippen molar-refractivity contribution >= 4 is 16.6 Å². The SMILES string of the molecule is Cn1nc(-c2ccc(OCc3ccccc3)[nH]c2=O)c2cc(F)c(N3CCNCC3)cc21. The maximum Gasteiger partial charge on any atom is 0.260 e. The van der Waals surface area contributed by atoms with E-state index in [2.05, 4.69) is 15.4 Å². The number of aromatic amines is 1. The molecule has 1 aliphatic rings. The molecule has 1 fully saturated rings. The summed E-state index contributed by atoms with van der Waals surface area (Å²) in [5, 5.41) is 8.41. The third kappa shape index (κ3) is 3.85. The number of rotatable bonds is 5. The topological polar surface area (TPSA) is 75.2 Å². The van der Waals surface area contributed by atoms with Crippen LogP contribution in [0.15, 0.2) is 59.4 Å². The average Bonchev–Trinajstić information content (AvgIpc) is 3.13. The van der Waals surface area contributed by atoms with Gasteiger partial charge in [0.1, 0.15) is 18.1 Å². The van der Waals surface area contributed by atoms with Crippen LogP contribution in [0.5, 0.6) is 5.88 Å². The quantitative estimate of drug-likeness (QED) is 0.506. The number of aromatic nitrogens is 3. The molecule has 0 aliphatic carbocycles. The molecule has 1 saturated heterocycles. The summed E-state index contributed by atoms with van der Waals surface area (Å²) in [5.41, 5.74) is 2.83. The summed E-state index contributed by atoms with van der Waals surface area (Å²) >= 11 is 0. The summed E-state index contributed by atoms with van der Waals surface area (Å²) in [4.78, 5) is 17.6. The molecule has 0 amide bonds. The maximum atomic E-state index is 15.0. The van der Waals surface area contributed by atoms with E-state index in [0.29, 0.717) is 34.8 Å². The third-order valence-electron chi connectivity index (χ3n) is 5.75. The number of aryl methyl sites for hydroxylation is 1. The number of H-pyrrole nitrogens is 1. The van der Waals surface area contributed by atoms with Crippen LogP contribution in [-0.2, 0) is 13.7 Å². The molecule has 0 spiro atoms. The normalized spacial score (nSPS) is 14.1. The Bertz CT molecular complexity index is 1310. The highest BCUT2D eigenvalue weighted by Gasteiger charge is 2.20. The number of fused-ring (bicyclic) bond motifs is 1. The Morgan fingerprint density at radius 1 is 1.09 bits per heavy atom. The highest BCUT2D eigenvalue weighted by atomic mass is 19.1. The van der Waals surface area contributed by atoms with E-state index >= 15 is 4.39 Å². The number of nitrogens with zero attached hydrogens (tertiary/aromatic N) is 3. The van der Waals surface area contributed by atoms with E-state index in [4.69, 9.17) is 4.74 Å². The van der Waals surface area contributed by atoms with Gasteiger partial charge in [-0.3, -0.25) is 14.5 Å². The zero-order valence-electron chi connectivity index (χ0n) is 17.8. The van der Waals surface area contributed by atoms with Crippen LogP contribution in [0.25, 0.3) is 22.2 Å². The lowest BCUT2D eigenvalue weighted by molar-refractivity contribution is 0.293. The molecule has 5 rings (SSSR count). The lowest BCUT2D eigenvalue weighted by Crippen LogP contribution is -2.43. The van der Waals surface area contributed by atoms with Crippen molar-refractivity contribution in [2.45, 2.75) is 6.61 Å². The van der Waals surface area contributed by atoms with Crippen molar-refractivity contribution in [1.82, 2.24) is 20.1 Å². The maximum absolute atomic E-state index is 15.0. The second kappa shape index (κ2) is 8.47. The molecule has 0 unspecified atom stereocenters. The number of hydrogen-bond donors (Lipinski definition) is 2. The number of benzene rings is 2. The van der Waals surface area contributed by atoms with Crippen molar-refractivity contribution in [3.8, 4) is 17.1 Å². The van der Waals surface area contributed by atoms with Gasteiger partial charge in [-0.05, 0) is 29.8 Å². The lowest BCUT2D eigenvalue weighted by atomic mass is 10.1. The van der Waals surface area contributed by atoms with Gasteiger partial charge in [0.25, 0.3) is 5.56 Å². The fraction of sp³-hybridized carbons (Fsp3) is 0.250. The number of hydrogen-bond acceptors (Lipinski definition) is 5. The van der Waals surface area contributed by atoms with E-state index in [9.17, 15) is 4.79 Å². The van der Waals surface area contributed by atoms with Crippen LogP contribution in [0, 0.1) is 5.82 Å². The van der Waals surface area contributed by atoms with Crippen LogP contribution in [0.2, 0.25) is 0 Å². The first kappa shape index (κ1) is 20.3. The Kier molecular flexibility index (Phi) is 5.36. The Morgan fingerprint density at radius 3 is 2.62 bits per heavy atom. The third-order valence-corrected chi connectivity index (χ3v) is 5.75. The minimum absolute atomic E-state index is 0.312. The van der Waals surface area contributed by atoms with Crippen molar-refractivity contribution in [1.29, 1.82) is 0 Å². The molecule has 0 saturated carbocycles. The molecule has 1 aliphatic heterocycles. The molecule has 4 aromatic rings. The molecule has 8 heteroatoms. The lowest BCUT2D eigenvalue weighted by Gasteiger charge is -2.29. The van der Waals surface area contributed by atoms with Crippen LogP contribution in [0.3, 0.4) is 0 Å². The van der Waals surface area contributed by atoms with Gasteiger partial charge in [0, 0.05) is 38.6 Å². The van der Waals surface area contributed by atoms with E-state index in [0.717, 1.165) is 37.3 Å². The van der Waals surface area contributed by atoms with Crippen molar-refractivity contribution in [2.24, 2.45) is 7.05 Å². The molecule has 2 aromatic heterocycles. The predicted octanol–water partition coefficient (Wildman–Crippen LogP) is 3.06. The first-order valence-electron chi connectivity index (χ1n) is 10.6. The first-order valence-corrected chi connectivity index (χ1v) is 10.6. The highest BCUT2D eigenvalue weighted by Crippen LogP contribution is 2.32. The number of ether oxygens (including phenoxy) is 1. The molecule has 32 heavy (non-hydrogen) atoms. The monoisotopic (exact) mass is 433 g/mol. The number of halogens is 1. The van der Waals surface area contributed by atoms with Crippen LogP contribution < -0.4 is 20.5 Å². The predicted molar refractivity (Wildman–Crippen MR) is 123 cm³/mol. The van der Waals surface area contributed by atoms with Gasteiger partial charge in [0.05, 0.1) is 16.8 Å². The van der Waals surface area contributed by atoms with Crippen LogP contribution in [0.1, 0.15) is 5.56 Å². The van der Waals surface area contributed by atoms with Crippen molar-refractivity contribution in [3.63, 3.8) is 0 Å². The Labute approximate surface area is 184 Å². The van der Waals surface area contributed by atoms with Crippen molar-refractivity contribution in [3.05, 3.63) is 76.3 Å². The molecule has 0 radical (unpaired) electrons. The van der Waals surface area contributed by atoms with Gasteiger partial charge in [-0.25, -0.2) is 4.39 Å². The van der Waals surface area contributed by atoms with Crippen molar-refractivity contribution < 1.29 is 9.13 Å². The van der Waals surface area contributed by atoms with E-state index in [1.165, 1.54) is 6.07 Å². The molecule has 0 bridgehead atoms. The first-order chi connectivity index (χ1) is 15.6. The van der Waals surface area contributed by atoms with Crippen LogP contribution >= 0.6 is 0 Å². The summed E-state index contributed by atoms with van der Waals surface area (Å²) < 4.78 is 22.4. The minimum Gasteiger partial charge on any atom is -0.474 e. The number of piperazine rings is 1. The van der Waals surface area contributed by atoms with E-state index < -0.39 is 0 Å². The summed E-state index contributed by atoms with van der Waals surface area (Å²) in [5.74, 6) is 0.0582. The molecule has 2 N–H and O–H groups in total. The number of anilines is 1. The van der Waals surface area contributed by atoms with Gasteiger partial charge in [-0.1, -0.05) is 30.3 Å². The van der Waals surface area contributed by atoms with E-state index in [1.54, 1.807) is 23.9 Å². The Morgan fingerprint density at radius 2 is 1.88 bits per heavy atom. The number of nitrogens with one attached hydrogen (secondary N) is 2. The molecular formula is C24H24FN5O2. The molecule has 3 heterocycles. The second-order valence-corrected chi connectivity index (χ2v) is 7.87. The standard InChI is InChI=1S/C24H24FN5O2/c1-29-20-14-21(30-11-9-26-10-12-30)19(25)13-18(20)23(28-29)17-7-8-22(27-24(17)31)32-15-16-5-3-2-4-6-16/h2-8,13-14,26H,9-12,15H2,1H3,(H,27,31). The summed E-state index contributed by atoms with van der Waals surface area (Å²) in [7, 11) is 1.80. The number of pyridine rings is 1. The van der Waals surface area contributed by atoms with Gasteiger partial charge >= 0.3 is 0 Å². The zero-order chi connectivity index (χ0) is 22.1. The fourth-order valence-electron chi connectivity index (χ4n) is 4.07. The smallest absolute Gasteiger partial charge is 0.260 e. The van der Waals surface area contributed by atoms with Crippen molar-refractivity contribution in [2.75, 3.05) is 31.1 Å². The Balaban J connectivity index is 1.46. The highest BCUT2D eigenvalue weighted by molar-refractivity contribution is 5.95. The van der Waals surface area contributed by atoms with Gasteiger partial charge in [-0.15, -0.1) is 0 Å². The molecule has 0 atom stereocenters. The summed E-state index contributed by atoms with van der Waals surface area (Å²) in [6.45, 7) is 3.49. The average molecular weight is 433 g/mol. The van der Waals surface area contributed by atoms with Gasteiger partial charge in [0.15, 0.2) is 5.88 Å². The van der Waals surface area contributed by atoms with Gasteiger partial charge in [-0.2, -0.15) is 5.10 Å². The second-order valence-electron chi connectivity index (χ2n) is 7.87. The molecular weight excluding hydrogens is 409 g/mol. The summed E-state index contributed by atoms with van der Waals surface area (Å²) in [6, 6.07) is 16.4. The largest absolute Gasteiger partial charge is 0.474 e. The minimum atomic E-state index is -0.331. The van der Waals surface area contributed by atoms with Gasteiger partial charge < -0.3 is 15.0 Å². The Hall–Kier alpha value is -3.65. The van der Waals surface area contributed by atoms with Crippen LogP contribution in [-0.4, -0.2) is 40.9 Å². The fourth-order valence-corrected chi connectivity index (χ4v) is 4.07. The molecule has 164 valence electrons. The van der Waals surface area contributed by atoms with Gasteiger partial charge in [0.2, 0.25) is 0 Å². The van der Waals surface area contributed by atoms with E-state index in [-0.39, 0.29) is 11.4 Å². The molecule has 2 aromatic carbocycles. The van der Waals surface area contributed by atoms with Crippen LogP contribution in [0.4, 0.5) is 10.1 Å². The summed E-state index contributed by atoms with van der Waals surface area (Å²) in [6.07, 6.45) is 0.